The predicted molar refractivity (Wildman–Crippen MR) is 123 cm³/mol. The second-order valence-corrected chi connectivity index (χ2v) is 8.33. The molecule has 7 nitrogen and oxygen atoms in total. The number of aliphatic imine (C=N–C) groups is 1. The average Bonchev–Trinajstić information content (AvgIpc) is 2.88. The van der Waals surface area contributed by atoms with E-state index in [4.69, 9.17) is 4.99 Å². The summed E-state index contributed by atoms with van der Waals surface area (Å²) in [6.45, 7) is 2.48. The van der Waals surface area contributed by atoms with Crippen molar-refractivity contribution in [2.24, 2.45) is 10.4 Å². The summed E-state index contributed by atoms with van der Waals surface area (Å²) in [6, 6.07) is 17.1. The predicted octanol–water partition coefficient (Wildman–Crippen LogP) is 2.64. The third kappa shape index (κ3) is 3.79. The minimum Gasteiger partial charge on any atom is -0.355 e. The van der Waals surface area contributed by atoms with Gasteiger partial charge in [0, 0.05) is 24.7 Å². The lowest BCUT2D eigenvalue weighted by Gasteiger charge is -2.39. The molecule has 3 amide bonds. The molecular weight excluding hydrogens is 404 g/mol. The number of likely N-dealkylation sites (N-methyl/N-ethyl adjacent to an activating group) is 1. The van der Waals surface area contributed by atoms with Gasteiger partial charge in [0.2, 0.25) is 18.0 Å². The Kier molecular flexibility index (Phi) is 6.08. The summed E-state index contributed by atoms with van der Waals surface area (Å²) < 4.78 is 0. The molecule has 0 unspecified atom stereocenters. The quantitative estimate of drug-likeness (QED) is 0.688. The molecule has 2 aromatic carbocycles. The van der Waals surface area contributed by atoms with Gasteiger partial charge < -0.3 is 15.5 Å². The Hall–Kier alpha value is -3.48. The van der Waals surface area contributed by atoms with Gasteiger partial charge in [0.1, 0.15) is 5.41 Å². The highest BCUT2D eigenvalue weighted by Crippen LogP contribution is 2.41. The highest BCUT2D eigenvalue weighted by molar-refractivity contribution is 6.20. The van der Waals surface area contributed by atoms with E-state index in [-0.39, 0.29) is 11.8 Å². The van der Waals surface area contributed by atoms with E-state index in [0.717, 1.165) is 29.7 Å². The molecule has 0 radical (unpaired) electrons. The Morgan fingerprint density at radius 2 is 1.75 bits per heavy atom. The molecule has 4 rings (SSSR count). The molecule has 1 fully saturated rings. The number of fused-ring (bicyclic) bond motifs is 1. The molecule has 0 saturated heterocycles. The van der Waals surface area contributed by atoms with Crippen molar-refractivity contribution >= 4 is 29.1 Å². The van der Waals surface area contributed by atoms with Gasteiger partial charge in [-0.2, -0.15) is 0 Å². The SMILES string of the molecule is CCCNC(=O)C1(C(=O)N[C@H]2N=C(c3ccccc3)c3ccccc3N(C)C2=O)CCC1. The van der Waals surface area contributed by atoms with E-state index in [1.807, 2.05) is 61.5 Å². The minimum absolute atomic E-state index is 0.270. The number of hydrogen-bond donors (Lipinski definition) is 2. The van der Waals surface area contributed by atoms with Gasteiger partial charge in [-0.3, -0.25) is 14.4 Å². The molecule has 1 heterocycles. The Morgan fingerprint density at radius 3 is 2.41 bits per heavy atom. The van der Waals surface area contributed by atoms with Crippen LogP contribution < -0.4 is 15.5 Å². The van der Waals surface area contributed by atoms with E-state index in [0.29, 0.717) is 25.1 Å². The molecule has 2 N–H and O–H groups in total. The molecule has 2 aromatic rings. The first-order valence-corrected chi connectivity index (χ1v) is 11.1. The van der Waals surface area contributed by atoms with Gasteiger partial charge in [0.25, 0.3) is 5.91 Å². The second kappa shape index (κ2) is 8.94. The van der Waals surface area contributed by atoms with Gasteiger partial charge in [0.15, 0.2) is 0 Å². The number of para-hydroxylation sites is 1. The fraction of sp³-hybridized carbons (Fsp3) is 0.360. The number of anilines is 1. The van der Waals surface area contributed by atoms with Crippen molar-refractivity contribution in [1.29, 1.82) is 0 Å². The lowest BCUT2D eigenvalue weighted by Crippen LogP contribution is -2.58. The maximum atomic E-state index is 13.3. The van der Waals surface area contributed by atoms with Crippen LogP contribution in [-0.4, -0.2) is 43.2 Å². The van der Waals surface area contributed by atoms with Gasteiger partial charge in [-0.05, 0) is 25.3 Å². The van der Waals surface area contributed by atoms with Crippen LogP contribution in [0.3, 0.4) is 0 Å². The zero-order valence-corrected chi connectivity index (χ0v) is 18.4. The first-order valence-electron chi connectivity index (χ1n) is 11.1. The van der Waals surface area contributed by atoms with E-state index >= 15 is 0 Å². The standard InChI is InChI=1S/C25H28N4O3/c1-3-16-26-23(31)25(14-9-15-25)24(32)28-21-22(30)29(2)19-13-8-7-12-18(19)20(27-21)17-10-5-4-6-11-17/h4-8,10-13,21H,3,9,14-16H2,1-2H3,(H,26,31)(H,28,32)/t21-/m1/s1. The van der Waals surface area contributed by atoms with Crippen molar-refractivity contribution in [2.75, 3.05) is 18.5 Å². The molecule has 1 atom stereocenters. The number of benzodiazepines with no additional fused rings is 1. The Bertz CT molecular complexity index is 1060. The smallest absolute Gasteiger partial charge is 0.272 e. The van der Waals surface area contributed by atoms with Gasteiger partial charge in [-0.1, -0.05) is 61.9 Å². The third-order valence-electron chi connectivity index (χ3n) is 6.27. The van der Waals surface area contributed by atoms with E-state index in [1.54, 1.807) is 7.05 Å². The van der Waals surface area contributed by atoms with Crippen LogP contribution in [0.4, 0.5) is 5.69 Å². The summed E-state index contributed by atoms with van der Waals surface area (Å²) in [4.78, 5) is 45.6. The van der Waals surface area contributed by atoms with Crippen LogP contribution in [0.5, 0.6) is 0 Å². The molecule has 2 aliphatic rings. The summed E-state index contributed by atoms with van der Waals surface area (Å²) >= 11 is 0. The number of amides is 3. The molecule has 1 aliphatic heterocycles. The van der Waals surface area contributed by atoms with Crippen molar-refractivity contribution < 1.29 is 14.4 Å². The molecule has 0 spiro atoms. The summed E-state index contributed by atoms with van der Waals surface area (Å²) in [5.41, 5.74) is 1.88. The molecule has 166 valence electrons. The zero-order chi connectivity index (χ0) is 22.7. The van der Waals surface area contributed by atoms with E-state index in [1.165, 1.54) is 4.90 Å². The van der Waals surface area contributed by atoms with Gasteiger partial charge >= 0.3 is 0 Å². The Morgan fingerprint density at radius 1 is 1.06 bits per heavy atom. The zero-order valence-electron chi connectivity index (χ0n) is 18.4. The van der Waals surface area contributed by atoms with Crippen LogP contribution in [0.25, 0.3) is 0 Å². The topological polar surface area (TPSA) is 90.9 Å². The summed E-state index contributed by atoms with van der Waals surface area (Å²) in [6.07, 6.45) is 1.42. The molecular formula is C25H28N4O3. The van der Waals surface area contributed by atoms with E-state index in [2.05, 4.69) is 10.6 Å². The van der Waals surface area contributed by atoms with Crippen molar-refractivity contribution in [3.8, 4) is 0 Å². The van der Waals surface area contributed by atoms with Crippen molar-refractivity contribution in [1.82, 2.24) is 10.6 Å². The molecule has 0 aromatic heterocycles. The van der Waals surface area contributed by atoms with Crippen LogP contribution in [0, 0.1) is 5.41 Å². The number of carbonyl (C=O) groups excluding carboxylic acids is 3. The van der Waals surface area contributed by atoms with E-state index < -0.39 is 17.5 Å². The maximum Gasteiger partial charge on any atom is 0.272 e. The summed E-state index contributed by atoms with van der Waals surface area (Å²) in [7, 11) is 1.68. The summed E-state index contributed by atoms with van der Waals surface area (Å²) in [5, 5.41) is 5.64. The summed E-state index contributed by atoms with van der Waals surface area (Å²) in [5.74, 6) is -1.06. The van der Waals surface area contributed by atoms with Crippen molar-refractivity contribution in [3.05, 3.63) is 65.7 Å². The lowest BCUT2D eigenvalue weighted by molar-refractivity contribution is -0.150. The average molecular weight is 433 g/mol. The Labute approximate surface area is 187 Å². The largest absolute Gasteiger partial charge is 0.355 e. The van der Waals surface area contributed by atoms with Crippen LogP contribution in [0.15, 0.2) is 59.6 Å². The Balaban J connectivity index is 1.70. The molecule has 0 bridgehead atoms. The van der Waals surface area contributed by atoms with Crippen LogP contribution >= 0.6 is 0 Å². The number of carbonyl (C=O) groups is 3. The second-order valence-electron chi connectivity index (χ2n) is 8.33. The van der Waals surface area contributed by atoms with E-state index in [9.17, 15) is 14.4 Å². The molecule has 32 heavy (non-hydrogen) atoms. The molecule has 7 heteroatoms. The fourth-order valence-corrected chi connectivity index (χ4v) is 4.20. The fourth-order valence-electron chi connectivity index (χ4n) is 4.20. The highest BCUT2D eigenvalue weighted by atomic mass is 16.2. The van der Waals surface area contributed by atoms with Crippen molar-refractivity contribution in [2.45, 2.75) is 38.8 Å². The van der Waals surface area contributed by atoms with Gasteiger partial charge in [-0.15, -0.1) is 0 Å². The minimum atomic E-state index is -1.13. The van der Waals surface area contributed by atoms with Crippen LogP contribution in [0.1, 0.15) is 43.7 Å². The number of nitrogens with one attached hydrogen (secondary N) is 2. The number of hydrogen-bond acceptors (Lipinski definition) is 4. The first kappa shape index (κ1) is 21.7. The van der Waals surface area contributed by atoms with Crippen molar-refractivity contribution in [3.63, 3.8) is 0 Å². The van der Waals surface area contributed by atoms with Crippen LogP contribution in [0.2, 0.25) is 0 Å². The highest BCUT2D eigenvalue weighted by Gasteiger charge is 2.51. The van der Waals surface area contributed by atoms with Gasteiger partial charge in [0.05, 0.1) is 11.4 Å². The monoisotopic (exact) mass is 432 g/mol. The van der Waals surface area contributed by atoms with Gasteiger partial charge in [-0.25, -0.2) is 4.99 Å². The third-order valence-corrected chi connectivity index (χ3v) is 6.27. The first-order chi connectivity index (χ1) is 15.5. The normalized spacial score (nSPS) is 19.2. The molecule has 1 aliphatic carbocycles. The number of rotatable bonds is 6. The maximum absolute atomic E-state index is 13.3. The van der Waals surface area contributed by atoms with Crippen LogP contribution in [-0.2, 0) is 14.4 Å². The number of nitrogens with zero attached hydrogens (tertiary/aromatic N) is 2. The lowest BCUT2D eigenvalue weighted by atomic mass is 9.67. The number of benzene rings is 2. The molecule has 1 saturated carbocycles.